The second-order valence-corrected chi connectivity index (χ2v) is 8.53. The van der Waals surface area contributed by atoms with Crippen LogP contribution < -0.4 is 20.1 Å². The van der Waals surface area contributed by atoms with E-state index in [0.29, 0.717) is 42.1 Å². The molecular weight excluding hydrogens is 431 g/mol. The SMILES string of the molecule is CCOc1ccc([C@@H]2CC(=O)C3=C(C2)Nc2ccccc2N[C@@H]3c2ccccc2F)cc1OC. The van der Waals surface area contributed by atoms with Gasteiger partial charge in [-0.05, 0) is 55.2 Å². The number of methoxy groups -OCH3 is 1. The summed E-state index contributed by atoms with van der Waals surface area (Å²) >= 11 is 0. The highest BCUT2D eigenvalue weighted by Crippen LogP contribution is 2.45. The number of benzene rings is 3. The Morgan fingerprint density at radius 3 is 2.50 bits per heavy atom. The minimum absolute atomic E-state index is 0.000149. The van der Waals surface area contributed by atoms with Gasteiger partial charge in [-0.2, -0.15) is 0 Å². The van der Waals surface area contributed by atoms with Crippen molar-refractivity contribution in [2.24, 2.45) is 0 Å². The molecule has 0 fully saturated rings. The predicted octanol–water partition coefficient (Wildman–Crippen LogP) is 6.21. The van der Waals surface area contributed by atoms with Gasteiger partial charge in [-0.1, -0.05) is 36.4 Å². The summed E-state index contributed by atoms with van der Waals surface area (Å²) in [6, 6.07) is 19.7. The molecular formula is C28H27FN2O3. The predicted molar refractivity (Wildman–Crippen MR) is 131 cm³/mol. The molecule has 0 radical (unpaired) electrons. The van der Waals surface area contributed by atoms with E-state index in [9.17, 15) is 9.18 Å². The fourth-order valence-corrected chi connectivity index (χ4v) is 4.88. The zero-order chi connectivity index (χ0) is 23.7. The molecule has 5 rings (SSSR count). The second kappa shape index (κ2) is 9.21. The van der Waals surface area contributed by atoms with Gasteiger partial charge in [0, 0.05) is 23.3 Å². The monoisotopic (exact) mass is 458 g/mol. The van der Waals surface area contributed by atoms with Crippen molar-refractivity contribution in [2.45, 2.75) is 31.7 Å². The van der Waals surface area contributed by atoms with E-state index in [1.807, 2.05) is 49.4 Å². The summed E-state index contributed by atoms with van der Waals surface area (Å²) in [6.45, 7) is 2.47. The van der Waals surface area contributed by atoms with Gasteiger partial charge in [0.25, 0.3) is 0 Å². The number of allylic oxidation sites excluding steroid dienone is 1. The number of hydrogen-bond acceptors (Lipinski definition) is 5. The lowest BCUT2D eigenvalue weighted by atomic mass is 9.78. The summed E-state index contributed by atoms with van der Waals surface area (Å²) in [5.74, 6) is 0.963. The van der Waals surface area contributed by atoms with Crippen molar-refractivity contribution in [1.29, 1.82) is 0 Å². The van der Waals surface area contributed by atoms with E-state index in [1.165, 1.54) is 6.07 Å². The first-order valence-electron chi connectivity index (χ1n) is 11.5. The molecule has 3 aromatic rings. The van der Waals surface area contributed by atoms with Crippen LogP contribution in [0.3, 0.4) is 0 Å². The molecule has 0 saturated heterocycles. The van der Waals surface area contributed by atoms with Crippen LogP contribution in [-0.2, 0) is 4.79 Å². The van der Waals surface area contributed by atoms with E-state index in [-0.39, 0.29) is 17.5 Å². The van der Waals surface area contributed by atoms with E-state index in [4.69, 9.17) is 9.47 Å². The van der Waals surface area contributed by atoms with Crippen molar-refractivity contribution in [3.8, 4) is 11.5 Å². The maximum atomic E-state index is 14.9. The number of hydrogen-bond donors (Lipinski definition) is 2. The number of ether oxygens (including phenoxy) is 2. The summed E-state index contributed by atoms with van der Waals surface area (Å²) in [5.41, 5.74) is 4.58. The lowest BCUT2D eigenvalue weighted by Crippen LogP contribution is -2.27. The molecule has 2 atom stereocenters. The van der Waals surface area contributed by atoms with Gasteiger partial charge in [0.1, 0.15) is 5.82 Å². The van der Waals surface area contributed by atoms with Crippen molar-refractivity contribution < 1.29 is 18.7 Å². The largest absolute Gasteiger partial charge is 0.493 e. The van der Waals surface area contributed by atoms with Crippen LogP contribution in [0.5, 0.6) is 11.5 Å². The van der Waals surface area contributed by atoms with Gasteiger partial charge in [0.15, 0.2) is 17.3 Å². The molecule has 3 aromatic carbocycles. The van der Waals surface area contributed by atoms with Crippen molar-refractivity contribution in [1.82, 2.24) is 0 Å². The number of carbonyl (C=O) groups is 1. The third-order valence-corrected chi connectivity index (χ3v) is 6.48. The molecule has 5 nitrogen and oxygen atoms in total. The number of ketones is 1. The molecule has 2 N–H and O–H groups in total. The lowest BCUT2D eigenvalue weighted by molar-refractivity contribution is -0.116. The third kappa shape index (κ3) is 4.00. The highest BCUT2D eigenvalue weighted by molar-refractivity contribution is 6.01. The Balaban J connectivity index is 1.57. The maximum Gasteiger partial charge on any atom is 0.163 e. The summed E-state index contributed by atoms with van der Waals surface area (Å²) in [5, 5.41) is 6.91. The summed E-state index contributed by atoms with van der Waals surface area (Å²) in [4.78, 5) is 13.6. The normalized spacial score (nSPS) is 19.3. The van der Waals surface area contributed by atoms with Crippen LogP contribution in [0.15, 0.2) is 78.0 Å². The van der Waals surface area contributed by atoms with Crippen LogP contribution >= 0.6 is 0 Å². The average Bonchev–Trinajstić information content (AvgIpc) is 3.01. The number of nitrogens with one attached hydrogen (secondary N) is 2. The van der Waals surface area contributed by atoms with Crippen LogP contribution in [0.1, 0.15) is 42.9 Å². The quantitative estimate of drug-likeness (QED) is 0.476. The number of halogens is 1. The Morgan fingerprint density at radius 2 is 1.74 bits per heavy atom. The molecule has 0 aromatic heterocycles. The van der Waals surface area contributed by atoms with Crippen LogP contribution in [0.4, 0.5) is 15.8 Å². The van der Waals surface area contributed by atoms with Gasteiger partial charge in [0.05, 0.1) is 31.1 Å². The minimum atomic E-state index is -0.573. The number of carbonyl (C=O) groups excluding carboxylic acids is 1. The fourth-order valence-electron chi connectivity index (χ4n) is 4.88. The first kappa shape index (κ1) is 22.0. The Kier molecular flexibility index (Phi) is 5.97. The van der Waals surface area contributed by atoms with Crippen LogP contribution in [0.2, 0.25) is 0 Å². The zero-order valence-electron chi connectivity index (χ0n) is 19.2. The lowest BCUT2D eigenvalue weighted by Gasteiger charge is -2.30. The third-order valence-electron chi connectivity index (χ3n) is 6.48. The van der Waals surface area contributed by atoms with Gasteiger partial charge in [-0.15, -0.1) is 0 Å². The van der Waals surface area contributed by atoms with Crippen molar-refractivity contribution in [3.63, 3.8) is 0 Å². The zero-order valence-corrected chi connectivity index (χ0v) is 19.2. The van der Waals surface area contributed by atoms with Crippen molar-refractivity contribution >= 4 is 17.2 Å². The Morgan fingerprint density at radius 1 is 0.971 bits per heavy atom. The topological polar surface area (TPSA) is 59.6 Å². The Hall–Kier alpha value is -3.80. The molecule has 0 saturated carbocycles. The smallest absolute Gasteiger partial charge is 0.163 e. The molecule has 34 heavy (non-hydrogen) atoms. The molecule has 0 bridgehead atoms. The molecule has 1 aliphatic heterocycles. The molecule has 0 amide bonds. The number of anilines is 2. The van der Waals surface area contributed by atoms with E-state index in [1.54, 1.807) is 25.3 Å². The van der Waals surface area contributed by atoms with Gasteiger partial charge in [-0.25, -0.2) is 4.39 Å². The minimum Gasteiger partial charge on any atom is -0.493 e. The highest BCUT2D eigenvalue weighted by atomic mass is 19.1. The average molecular weight is 459 g/mol. The van der Waals surface area contributed by atoms with Crippen molar-refractivity contribution in [3.05, 3.63) is 94.9 Å². The second-order valence-electron chi connectivity index (χ2n) is 8.53. The number of para-hydroxylation sites is 2. The molecule has 1 heterocycles. The molecule has 2 aliphatic rings. The van der Waals surface area contributed by atoms with Crippen LogP contribution in [-0.4, -0.2) is 19.5 Å². The first-order chi connectivity index (χ1) is 16.6. The molecule has 1 aliphatic carbocycles. The Labute approximate surface area is 198 Å². The fraction of sp³-hybridized carbons (Fsp3) is 0.250. The standard InChI is InChI=1S/C28H27FN2O3/c1-3-34-25-13-12-17(16-26(25)33-2)18-14-23-27(24(32)15-18)28(19-8-4-5-9-20(19)29)31-22-11-7-6-10-21(22)30-23/h4-13,16,18,28,30-31H,3,14-15H2,1-2H3/t18-,28+/m0/s1. The van der Waals surface area contributed by atoms with Crippen LogP contribution in [0, 0.1) is 5.82 Å². The highest BCUT2D eigenvalue weighted by Gasteiger charge is 2.37. The van der Waals surface area contributed by atoms with E-state index in [2.05, 4.69) is 10.6 Å². The molecule has 0 unspecified atom stereocenters. The number of fused-ring (bicyclic) bond motifs is 1. The molecule has 174 valence electrons. The van der Waals surface area contributed by atoms with Gasteiger partial charge in [0.2, 0.25) is 0 Å². The van der Waals surface area contributed by atoms with E-state index >= 15 is 0 Å². The van der Waals surface area contributed by atoms with Gasteiger partial charge < -0.3 is 20.1 Å². The van der Waals surface area contributed by atoms with Gasteiger partial charge in [-0.3, -0.25) is 4.79 Å². The molecule has 0 spiro atoms. The number of Topliss-reactive ketones (excluding diaryl/α,β-unsaturated/α-hetero) is 1. The van der Waals surface area contributed by atoms with Crippen LogP contribution in [0.25, 0.3) is 0 Å². The van der Waals surface area contributed by atoms with Crippen molar-refractivity contribution in [2.75, 3.05) is 24.4 Å². The maximum absolute atomic E-state index is 14.9. The summed E-state index contributed by atoms with van der Waals surface area (Å²) in [6.07, 6.45) is 0.958. The summed E-state index contributed by atoms with van der Waals surface area (Å²) < 4.78 is 26.1. The van der Waals surface area contributed by atoms with Gasteiger partial charge >= 0.3 is 0 Å². The Bertz CT molecular complexity index is 1270. The van der Waals surface area contributed by atoms with E-state index in [0.717, 1.165) is 22.6 Å². The first-order valence-corrected chi connectivity index (χ1v) is 11.5. The van der Waals surface area contributed by atoms with E-state index < -0.39 is 6.04 Å². The number of rotatable bonds is 5. The molecule has 6 heteroatoms. The summed E-state index contributed by atoms with van der Waals surface area (Å²) in [7, 11) is 1.61.